The predicted octanol–water partition coefficient (Wildman–Crippen LogP) is 7.36. The second kappa shape index (κ2) is 13.3. The first-order valence-corrected chi connectivity index (χ1v) is 16.7. The van der Waals surface area contributed by atoms with Crippen LogP contribution in [0.25, 0.3) is 37.0 Å². The SMILES string of the molecule is [C-]#[N+]c1c(N)sc2c(F)ccc(-c3c(C(F)(F)F)cc4c(N(CC)C5CCN(C(=O)C=C)C5C)nc(OCC5CC(F)CN5C)nc4c3F)c12. The number of hydrogen-bond donors (Lipinski definition) is 1. The molecule has 4 unspecified atom stereocenters. The molecule has 2 aliphatic rings. The Morgan fingerprint density at radius 1 is 1.30 bits per heavy atom. The Hall–Kier alpha value is -4.62. The van der Waals surface area contributed by atoms with Crippen LogP contribution >= 0.6 is 11.3 Å². The molecule has 2 aliphatic heterocycles. The fraction of sp³-hybridized carbons (Fsp3) is 0.412. The van der Waals surface area contributed by atoms with Crippen LogP contribution in [0.5, 0.6) is 6.01 Å². The fourth-order valence-corrected chi connectivity index (χ4v) is 8.08. The van der Waals surface area contributed by atoms with Crippen LogP contribution in [0.4, 0.5) is 42.8 Å². The summed E-state index contributed by atoms with van der Waals surface area (Å²) < 4.78 is 96.9. The number of likely N-dealkylation sites (N-methyl/N-ethyl adjacent to an activating group) is 2. The van der Waals surface area contributed by atoms with E-state index in [4.69, 9.17) is 17.0 Å². The molecule has 6 rings (SSSR count). The summed E-state index contributed by atoms with van der Waals surface area (Å²) in [6, 6.07) is 1.08. The standard InChI is InChI=1S/C34H33F6N7O2S/c1-6-24(48)47-11-10-23(16(47)3)46(7-2)32-20-13-21(34(38,39)40)25(19-8-9-22(36)30-26(19)29(42-4)31(41)50-30)27(37)28(20)43-33(44-32)49-15-18-12-17(35)14-45(18)5/h6,8-9,13,16-18,23H,1,7,10-12,14-15,41H2,2-3,5H3. The molecule has 2 aromatic carbocycles. The van der Waals surface area contributed by atoms with Crippen LogP contribution in [-0.4, -0.2) is 83.3 Å². The molecule has 2 fully saturated rings. The zero-order valence-corrected chi connectivity index (χ0v) is 28.1. The van der Waals surface area contributed by atoms with Crippen LogP contribution in [-0.2, 0) is 11.0 Å². The van der Waals surface area contributed by atoms with E-state index in [-0.39, 0.29) is 81.6 Å². The van der Waals surface area contributed by atoms with Gasteiger partial charge in [-0.15, -0.1) is 11.3 Å². The molecule has 50 heavy (non-hydrogen) atoms. The maximum atomic E-state index is 17.1. The number of ether oxygens (including phenoxy) is 1. The number of hydrogen-bond acceptors (Lipinski definition) is 8. The molecule has 2 saturated heterocycles. The van der Waals surface area contributed by atoms with Crippen LogP contribution in [0.15, 0.2) is 30.9 Å². The zero-order valence-electron chi connectivity index (χ0n) is 27.3. The molecular formula is C34H33F6N7O2S. The van der Waals surface area contributed by atoms with Gasteiger partial charge in [-0.05, 0) is 57.5 Å². The summed E-state index contributed by atoms with van der Waals surface area (Å²) in [6.45, 7) is 15.4. The number of carbonyl (C=O) groups is 1. The van der Waals surface area contributed by atoms with Crippen LogP contribution in [0, 0.1) is 18.2 Å². The number of nitrogens with zero attached hydrogens (tertiary/aromatic N) is 6. The zero-order chi connectivity index (χ0) is 36.2. The summed E-state index contributed by atoms with van der Waals surface area (Å²) in [5, 5.41) is -0.648. The maximum Gasteiger partial charge on any atom is 0.417 e. The summed E-state index contributed by atoms with van der Waals surface area (Å²) in [5.41, 5.74) is 2.43. The minimum atomic E-state index is -5.13. The first kappa shape index (κ1) is 35.2. The number of benzene rings is 2. The molecule has 4 atom stereocenters. The lowest BCUT2D eigenvalue weighted by molar-refractivity contribution is -0.137. The van der Waals surface area contributed by atoms with Crippen molar-refractivity contribution >= 4 is 54.7 Å². The van der Waals surface area contributed by atoms with Gasteiger partial charge in [0.25, 0.3) is 0 Å². The van der Waals surface area contributed by atoms with Gasteiger partial charge in [-0.25, -0.2) is 18.0 Å². The summed E-state index contributed by atoms with van der Waals surface area (Å²) >= 11 is 0.679. The van der Waals surface area contributed by atoms with E-state index in [1.807, 2.05) is 0 Å². The lowest BCUT2D eigenvalue weighted by atomic mass is 9.93. The van der Waals surface area contributed by atoms with Crippen molar-refractivity contribution in [2.45, 2.75) is 57.2 Å². The number of amides is 1. The molecule has 0 aliphatic carbocycles. The number of anilines is 2. The van der Waals surface area contributed by atoms with Gasteiger partial charge in [-0.3, -0.25) is 9.69 Å². The van der Waals surface area contributed by atoms with Crippen molar-refractivity contribution in [2.24, 2.45) is 0 Å². The van der Waals surface area contributed by atoms with E-state index < -0.39 is 52.7 Å². The van der Waals surface area contributed by atoms with Gasteiger partial charge in [0.1, 0.15) is 29.9 Å². The molecule has 4 aromatic rings. The Balaban J connectivity index is 1.61. The normalized spacial score (nSPS) is 21.2. The van der Waals surface area contributed by atoms with Gasteiger partial charge in [0.2, 0.25) is 11.6 Å². The third kappa shape index (κ3) is 5.96. The van der Waals surface area contributed by atoms with Crippen LogP contribution < -0.4 is 15.4 Å². The summed E-state index contributed by atoms with van der Waals surface area (Å²) in [7, 11) is 1.72. The van der Waals surface area contributed by atoms with Crippen molar-refractivity contribution in [1.29, 1.82) is 0 Å². The highest BCUT2D eigenvalue weighted by Crippen LogP contribution is 2.50. The number of nitrogens with two attached hydrogens (primary N) is 1. The highest BCUT2D eigenvalue weighted by molar-refractivity contribution is 7.23. The van der Waals surface area contributed by atoms with E-state index in [1.165, 1.54) is 6.08 Å². The van der Waals surface area contributed by atoms with E-state index in [2.05, 4.69) is 21.4 Å². The molecule has 0 radical (unpaired) electrons. The number of aromatic nitrogens is 2. The molecule has 0 saturated carbocycles. The molecular weight excluding hydrogens is 684 g/mol. The number of alkyl halides is 4. The number of fused-ring (bicyclic) bond motifs is 2. The van der Waals surface area contributed by atoms with E-state index in [0.29, 0.717) is 24.3 Å². The number of likely N-dealkylation sites (tertiary alicyclic amines) is 2. The van der Waals surface area contributed by atoms with E-state index >= 15 is 17.6 Å². The van der Waals surface area contributed by atoms with E-state index in [1.54, 1.807) is 35.6 Å². The molecule has 264 valence electrons. The van der Waals surface area contributed by atoms with Gasteiger partial charge < -0.3 is 20.3 Å². The highest BCUT2D eigenvalue weighted by atomic mass is 32.1. The third-order valence-corrected chi connectivity index (χ3v) is 10.6. The molecule has 0 bridgehead atoms. The lowest BCUT2D eigenvalue weighted by Crippen LogP contribution is -2.45. The van der Waals surface area contributed by atoms with Gasteiger partial charge in [0.05, 0.1) is 27.9 Å². The van der Waals surface area contributed by atoms with Gasteiger partial charge in [0.15, 0.2) is 5.82 Å². The van der Waals surface area contributed by atoms with Crippen molar-refractivity contribution in [3.63, 3.8) is 0 Å². The van der Waals surface area contributed by atoms with Crippen LogP contribution in [0.2, 0.25) is 0 Å². The second-order valence-electron chi connectivity index (χ2n) is 12.4. The summed E-state index contributed by atoms with van der Waals surface area (Å²) in [5.74, 6) is -2.58. The van der Waals surface area contributed by atoms with Crippen LogP contribution in [0.3, 0.4) is 0 Å². The average Bonchev–Trinajstić information content (AvgIpc) is 3.73. The minimum Gasteiger partial charge on any atom is -0.462 e. The number of carbonyl (C=O) groups excluding carboxylic acids is 1. The van der Waals surface area contributed by atoms with Crippen molar-refractivity contribution in [1.82, 2.24) is 19.8 Å². The third-order valence-electron chi connectivity index (χ3n) is 9.60. The van der Waals surface area contributed by atoms with Crippen molar-refractivity contribution in [2.75, 3.05) is 43.9 Å². The van der Waals surface area contributed by atoms with Crippen molar-refractivity contribution in [3.05, 3.63) is 59.5 Å². The first-order chi connectivity index (χ1) is 23.7. The average molecular weight is 718 g/mol. The van der Waals surface area contributed by atoms with Gasteiger partial charge >= 0.3 is 12.2 Å². The summed E-state index contributed by atoms with van der Waals surface area (Å²) in [6.07, 6.45) is -4.42. The quantitative estimate of drug-likeness (QED) is 0.116. The second-order valence-corrected chi connectivity index (χ2v) is 13.5. The topological polar surface area (TPSA) is 92.2 Å². The van der Waals surface area contributed by atoms with Gasteiger partial charge in [0, 0.05) is 48.1 Å². The minimum absolute atomic E-state index is 0.0535. The number of thiophene rings is 1. The Morgan fingerprint density at radius 2 is 2.04 bits per heavy atom. The van der Waals surface area contributed by atoms with Crippen LogP contribution in [0.1, 0.15) is 32.3 Å². The molecule has 16 heteroatoms. The van der Waals surface area contributed by atoms with Gasteiger partial charge in [-0.1, -0.05) is 12.6 Å². The molecule has 0 spiro atoms. The van der Waals surface area contributed by atoms with E-state index in [0.717, 1.165) is 18.2 Å². The molecule has 9 nitrogen and oxygen atoms in total. The Kier molecular flexibility index (Phi) is 9.33. The monoisotopic (exact) mass is 717 g/mol. The smallest absolute Gasteiger partial charge is 0.417 e. The number of rotatable bonds is 8. The van der Waals surface area contributed by atoms with E-state index in [9.17, 15) is 13.6 Å². The Morgan fingerprint density at radius 3 is 2.66 bits per heavy atom. The predicted molar refractivity (Wildman–Crippen MR) is 180 cm³/mol. The molecule has 1 amide bonds. The number of nitrogen functional groups attached to an aromatic ring is 1. The fourth-order valence-electron chi connectivity index (χ4n) is 7.14. The van der Waals surface area contributed by atoms with Crippen molar-refractivity contribution in [3.8, 4) is 17.1 Å². The first-order valence-electron chi connectivity index (χ1n) is 15.9. The largest absolute Gasteiger partial charge is 0.462 e. The maximum absolute atomic E-state index is 17.1. The Labute approximate surface area is 287 Å². The van der Waals surface area contributed by atoms with Crippen molar-refractivity contribution < 1.29 is 35.9 Å². The lowest BCUT2D eigenvalue weighted by Gasteiger charge is -2.34. The molecule has 2 N–H and O–H groups in total. The molecule has 4 heterocycles. The Bertz CT molecular complexity index is 2050. The summed E-state index contributed by atoms with van der Waals surface area (Å²) in [4.78, 5) is 29.7. The molecule has 2 aromatic heterocycles. The highest BCUT2D eigenvalue weighted by Gasteiger charge is 2.41. The number of halogens is 6. The van der Waals surface area contributed by atoms with Gasteiger partial charge in [-0.2, -0.15) is 23.1 Å².